The highest BCUT2D eigenvalue weighted by Crippen LogP contribution is 2.25. The quantitative estimate of drug-likeness (QED) is 0.453. The maximum atomic E-state index is 10.8. The van der Waals surface area contributed by atoms with Gasteiger partial charge in [-0.05, 0) is 30.2 Å². The lowest BCUT2D eigenvalue weighted by molar-refractivity contribution is -0.384. The number of nitrogens with zero attached hydrogens (tertiary/aromatic N) is 4. The molecule has 0 aliphatic carbocycles. The number of nitrogens with two attached hydrogens (primary N) is 1. The van der Waals surface area contributed by atoms with Gasteiger partial charge in [-0.25, -0.2) is 9.66 Å². The van der Waals surface area contributed by atoms with Gasteiger partial charge in [0.2, 0.25) is 5.95 Å². The summed E-state index contributed by atoms with van der Waals surface area (Å²) in [4.78, 5) is 14.5. The van der Waals surface area contributed by atoms with Crippen LogP contribution in [0.25, 0.3) is 11.1 Å². The number of non-ortho nitro benzene ring substituents is 1. The van der Waals surface area contributed by atoms with Crippen molar-refractivity contribution in [1.82, 2.24) is 9.66 Å². The highest BCUT2D eigenvalue weighted by Gasteiger charge is 2.07. The third-order valence-electron chi connectivity index (χ3n) is 3.51. The predicted octanol–water partition coefficient (Wildman–Crippen LogP) is 3.23. The minimum atomic E-state index is -0.415. The average molecular weight is 321 g/mol. The maximum absolute atomic E-state index is 10.8. The van der Waals surface area contributed by atoms with Crippen molar-refractivity contribution in [3.63, 3.8) is 0 Å². The van der Waals surface area contributed by atoms with Gasteiger partial charge < -0.3 is 5.73 Å². The number of aromatic nitrogens is 2. The summed E-state index contributed by atoms with van der Waals surface area (Å²) in [5.74, 6) is 0.316. The second kappa shape index (κ2) is 6.33. The summed E-state index contributed by atoms with van der Waals surface area (Å²) in [6.07, 6.45) is 3.43. The number of nitro groups is 1. The van der Waals surface area contributed by atoms with E-state index in [9.17, 15) is 10.1 Å². The van der Waals surface area contributed by atoms with Crippen LogP contribution in [0, 0.1) is 17.0 Å². The smallest absolute Gasteiger partial charge is 0.269 e. The Kier molecular flexibility index (Phi) is 4.07. The third kappa shape index (κ3) is 3.14. The van der Waals surface area contributed by atoms with Gasteiger partial charge >= 0.3 is 0 Å². The number of nitrogen functional groups attached to an aromatic ring is 1. The van der Waals surface area contributed by atoms with E-state index in [4.69, 9.17) is 5.73 Å². The van der Waals surface area contributed by atoms with E-state index in [0.29, 0.717) is 5.95 Å². The molecule has 0 spiro atoms. The minimum Gasteiger partial charge on any atom is -0.368 e. The van der Waals surface area contributed by atoms with E-state index < -0.39 is 4.92 Å². The average Bonchev–Trinajstić information content (AvgIpc) is 2.91. The van der Waals surface area contributed by atoms with Gasteiger partial charge in [0.1, 0.15) is 0 Å². The monoisotopic (exact) mass is 321 g/mol. The Labute approximate surface area is 138 Å². The zero-order valence-electron chi connectivity index (χ0n) is 13.0. The molecule has 24 heavy (non-hydrogen) atoms. The number of aryl methyl sites for hydroxylation is 1. The summed E-state index contributed by atoms with van der Waals surface area (Å²) >= 11 is 0. The van der Waals surface area contributed by atoms with Gasteiger partial charge in [0.05, 0.1) is 23.0 Å². The SMILES string of the molecule is Cc1cn(N=Cc2ccccc2-c2ccc([N+](=O)[O-])cc2)c(N)n1. The van der Waals surface area contributed by atoms with Crippen molar-refractivity contribution in [2.75, 3.05) is 5.73 Å². The molecule has 1 heterocycles. The lowest BCUT2D eigenvalue weighted by Gasteiger charge is -2.06. The van der Waals surface area contributed by atoms with E-state index in [1.165, 1.54) is 16.8 Å². The number of rotatable bonds is 4. The van der Waals surface area contributed by atoms with Crippen molar-refractivity contribution in [2.45, 2.75) is 6.92 Å². The van der Waals surface area contributed by atoms with Gasteiger partial charge in [-0.15, -0.1) is 0 Å². The number of imidazole rings is 1. The molecule has 0 fully saturated rings. The summed E-state index contributed by atoms with van der Waals surface area (Å²) in [6, 6.07) is 14.1. The molecule has 0 aliphatic heterocycles. The van der Waals surface area contributed by atoms with Gasteiger partial charge in [0.15, 0.2) is 0 Å². The molecule has 7 nitrogen and oxygen atoms in total. The Morgan fingerprint density at radius 3 is 2.54 bits per heavy atom. The van der Waals surface area contributed by atoms with Crippen molar-refractivity contribution in [1.29, 1.82) is 0 Å². The summed E-state index contributed by atoms with van der Waals surface area (Å²) < 4.78 is 1.50. The molecule has 3 aromatic rings. The van der Waals surface area contributed by atoms with Crippen molar-refractivity contribution >= 4 is 17.9 Å². The molecule has 0 saturated heterocycles. The van der Waals surface area contributed by atoms with Crippen molar-refractivity contribution in [3.8, 4) is 11.1 Å². The fraction of sp³-hybridized carbons (Fsp3) is 0.0588. The first kappa shape index (κ1) is 15.4. The highest BCUT2D eigenvalue weighted by atomic mass is 16.6. The molecular formula is C17H15N5O2. The molecule has 0 saturated carbocycles. The lowest BCUT2D eigenvalue weighted by atomic mass is 10.0. The normalized spacial score (nSPS) is 11.0. The van der Waals surface area contributed by atoms with Crippen LogP contribution >= 0.6 is 0 Å². The van der Waals surface area contributed by atoms with Gasteiger partial charge in [0.25, 0.3) is 5.69 Å². The zero-order chi connectivity index (χ0) is 17.1. The number of nitro benzene ring substituents is 1. The molecular weight excluding hydrogens is 306 g/mol. The summed E-state index contributed by atoms with van der Waals surface area (Å²) in [6.45, 7) is 1.84. The first-order valence-electron chi connectivity index (χ1n) is 7.24. The predicted molar refractivity (Wildman–Crippen MR) is 92.9 cm³/mol. The number of benzene rings is 2. The van der Waals surface area contributed by atoms with Crippen LogP contribution in [-0.4, -0.2) is 20.8 Å². The molecule has 7 heteroatoms. The Hall–Kier alpha value is -3.48. The van der Waals surface area contributed by atoms with Crippen molar-refractivity contribution in [3.05, 3.63) is 76.1 Å². The molecule has 2 aromatic carbocycles. The second-order valence-electron chi connectivity index (χ2n) is 5.22. The van der Waals surface area contributed by atoms with Crippen molar-refractivity contribution in [2.24, 2.45) is 5.10 Å². The van der Waals surface area contributed by atoms with Gasteiger partial charge in [0, 0.05) is 17.7 Å². The number of hydrogen-bond acceptors (Lipinski definition) is 5. The first-order valence-corrected chi connectivity index (χ1v) is 7.24. The molecule has 0 unspecified atom stereocenters. The molecule has 2 N–H and O–H groups in total. The van der Waals surface area contributed by atoms with Crippen LogP contribution in [0.2, 0.25) is 0 Å². The highest BCUT2D eigenvalue weighted by molar-refractivity contribution is 5.90. The van der Waals surface area contributed by atoms with Gasteiger partial charge in [-0.1, -0.05) is 24.3 Å². The summed E-state index contributed by atoms with van der Waals surface area (Å²) in [5.41, 5.74) is 9.29. The Morgan fingerprint density at radius 2 is 1.92 bits per heavy atom. The van der Waals surface area contributed by atoms with E-state index >= 15 is 0 Å². The zero-order valence-corrected chi connectivity index (χ0v) is 13.0. The van der Waals surface area contributed by atoms with Crippen LogP contribution in [0.3, 0.4) is 0 Å². The van der Waals surface area contributed by atoms with Crippen LogP contribution in [0.15, 0.2) is 59.8 Å². The van der Waals surface area contributed by atoms with E-state index in [1.54, 1.807) is 24.5 Å². The van der Waals surface area contributed by atoms with Crippen LogP contribution in [0.4, 0.5) is 11.6 Å². The topological polar surface area (TPSA) is 99.3 Å². The van der Waals surface area contributed by atoms with Gasteiger partial charge in [-0.3, -0.25) is 10.1 Å². The first-order chi connectivity index (χ1) is 11.5. The number of hydrogen-bond donors (Lipinski definition) is 1. The van der Waals surface area contributed by atoms with E-state index in [0.717, 1.165) is 22.4 Å². The molecule has 0 bridgehead atoms. The molecule has 120 valence electrons. The second-order valence-corrected chi connectivity index (χ2v) is 5.22. The van der Waals surface area contributed by atoms with E-state index in [1.807, 2.05) is 31.2 Å². The molecule has 1 aromatic heterocycles. The van der Waals surface area contributed by atoms with E-state index in [-0.39, 0.29) is 5.69 Å². The standard InChI is InChI=1S/C17H15N5O2/c1-12-11-21(17(18)20-12)19-10-14-4-2-3-5-16(14)13-6-8-15(9-7-13)22(23)24/h2-11H,1H3,(H2,18,20). The molecule has 3 rings (SSSR count). The summed E-state index contributed by atoms with van der Waals surface area (Å²) in [7, 11) is 0. The summed E-state index contributed by atoms with van der Waals surface area (Å²) in [5, 5.41) is 15.1. The molecule has 0 aliphatic rings. The Morgan fingerprint density at radius 1 is 1.21 bits per heavy atom. The van der Waals surface area contributed by atoms with Crippen LogP contribution < -0.4 is 5.73 Å². The van der Waals surface area contributed by atoms with E-state index in [2.05, 4.69) is 10.1 Å². The van der Waals surface area contributed by atoms with Crippen LogP contribution in [-0.2, 0) is 0 Å². The molecule has 0 radical (unpaired) electrons. The van der Waals surface area contributed by atoms with Crippen LogP contribution in [0.5, 0.6) is 0 Å². The fourth-order valence-electron chi connectivity index (χ4n) is 2.36. The molecule has 0 atom stereocenters. The van der Waals surface area contributed by atoms with Gasteiger partial charge in [-0.2, -0.15) is 5.10 Å². The number of anilines is 1. The minimum absolute atomic E-state index is 0.0616. The largest absolute Gasteiger partial charge is 0.368 e. The fourth-order valence-corrected chi connectivity index (χ4v) is 2.36. The Bertz CT molecular complexity index is 913. The lowest BCUT2D eigenvalue weighted by Crippen LogP contribution is -1.97. The Balaban J connectivity index is 1.96. The third-order valence-corrected chi connectivity index (χ3v) is 3.51. The molecule has 0 amide bonds. The maximum Gasteiger partial charge on any atom is 0.269 e. The van der Waals surface area contributed by atoms with Crippen LogP contribution in [0.1, 0.15) is 11.3 Å². The van der Waals surface area contributed by atoms with Crippen molar-refractivity contribution < 1.29 is 4.92 Å².